The van der Waals surface area contributed by atoms with Crippen molar-refractivity contribution in [3.63, 3.8) is 0 Å². The van der Waals surface area contributed by atoms with Crippen molar-refractivity contribution in [3.05, 3.63) is 24.3 Å². The molecule has 0 radical (unpaired) electrons. The van der Waals surface area contributed by atoms with Gasteiger partial charge in [-0.15, -0.1) is 6.58 Å². The Hall–Kier alpha value is -0.560. The Balaban J connectivity index is 3.44. The molecule has 10 heavy (non-hydrogen) atoms. The van der Waals surface area contributed by atoms with Crippen LogP contribution in [0.4, 0.5) is 0 Å². The van der Waals surface area contributed by atoms with Gasteiger partial charge in [0.2, 0.25) is 0 Å². The smallest absolute Gasteiger partial charge is 0.0721 e. The normalized spacial score (nSPS) is 14.9. The molecule has 1 heteroatoms. The first-order valence-corrected chi connectivity index (χ1v) is 3.63. The van der Waals surface area contributed by atoms with E-state index < -0.39 is 0 Å². The molecule has 1 atom stereocenters. The second-order valence-electron chi connectivity index (χ2n) is 2.48. The van der Waals surface area contributed by atoms with Crippen molar-refractivity contribution in [1.29, 1.82) is 0 Å². The second-order valence-corrected chi connectivity index (χ2v) is 2.48. The van der Waals surface area contributed by atoms with Crippen LogP contribution < -0.4 is 0 Å². The zero-order chi connectivity index (χ0) is 7.98. The Morgan fingerprint density at radius 3 is 2.70 bits per heavy atom. The van der Waals surface area contributed by atoms with Gasteiger partial charge in [0, 0.05) is 0 Å². The molecule has 0 heterocycles. The van der Waals surface area contributed by atoms with Gasteiger partial charge in [0.25, 0.3) is 0 Å². The first kappa shape index (κ1) is 9.44. The van der Waals surface area contributed by atoms with Crippen LogP contribution in [0.1, 0.15) is 26.7 Å². The molecule has 0 aromatic heterocycles. The van der Waals surface area contributed by atoms with Crippen molar-refractivity contribution in [2.45, 2.75) is 32.8 Å². The van der Waals surface area contributed by atoms with Crippen molar-refractivity contribution in [1.82, 2.24) is 0 Å². The lowest BCUT2D eigenvalue weighted by molar-refractivity contribution is 0.213. The quantitative estimate of drug-likeness (QED) is 0.594. The third kappa shape index (κ3) is 4.33. The van der Waals surface area contributed by atoms with Gasteiger partial charge in [0.05, 0.1) is 6.10 Å². The lowest BCUT2D eigenvalue weighted by Crippen LogP contribution is -2.00. The van der Waals surface area contributed by atoms with Crippen LogP contribution in [0, 0.1) is 0 Å². The van der Waals surface area contributed by atoms with Crippen LogP contribution in [0.3, 0.4) is 0 Å². The van der Waals surface area contributed by atoms with E-state index in [1.807, 2.05) is 6.92 Å². The molecule has 0 aromatic rings. The van der Waals surface area contributed by atoms with Gasteiger partial charge < -0.3 is 5.11 Å². The van der Waals surface area contributed by atoms with Gasteiger partial charge in [-0.05, 0) is 26.7 Å². The highest BCUT2D eigenvalue weighted by molar-refractivity contribution is 4.96. The largest absolute Gasteiger partial charge is 0.389 e. The first-order chi connectivity index (χ1) is 4.70. The summed E-state index contributed by atoms with van der Waals surface area (Å²) >= 11 is 0. The summed E-state index contributed by atoms with van der Waals surface area (Å²) in [6.07, 6.45) is 5.05. The Kier molecular flexibility index (Phi) is 4.95. The van der Waals surface area contributed by atoms with Crippen LogP contribution in [0.2, 0.25) is 0 Å². The fourth-order valence-electron chi connectivity index (χ4n) is 0.638. The molecule has 58 valence electrons. The highest BCUT2D eigenvalue weighted by Crippen LogP contribution is 2.06. The summed E-state index contributed by atoms with van der Waals surface area (Å²) in [5.41, 5.74) is 1.32. The Labute approximate surface area is 63.1 Å². The Morgan fingerprint density at radius 2 is 2.30 bits per heavy atom. The molecular formula is C9H16O. The molecule has 1 unspecified atom stereocenters. The van der Waals surface area contributed by atoms with E-state index >= 15 is 0 Å². The molecule has 0 bridgehead atoms. The molecule has 0 spiro atoms. The predicted molar refractivity (Wildman–Crippen MR) is 44.9 cm³/mol. The summed E-state index contributed by atoms with van der Waals surface area (Å²) in [5, 5.41) is 9.06. The third-order valence-electron chi connectivity index (χ3n) is 1.60. The molecule has 0 aliphatic rings. The van der Waals surface area contributed by atoms with Crippen molar-refractivity contribution in [2.24, 2.45) is 0 Å². The number of aliphatic hydroxyl groups is 1. The highest BCUT2D eigenvalue weighted by atomic mass is 16.3. The molecule has 1 N–H and O–H groups in total. The number of rotatable bonds is 4. The summed E-state index contributed by atoms with van der Waals surface area (Å²) < 4.78 is 0. The number of aliphatic hydroxyl groups excluding tert-OH is 1. The molecular weight excluding hydrogens is 124 g/mol. The summed E-state index contributed by atoms with van der Waals surface area (Å²) in [6, 6.07) is 0. The molecule has 0 saturated heterocycles. The van der Waals surface area contributed by atoms with Gasteiger partial charge in [0.1, 0.15) is 0 Å². The summed E-state index contributed by atoms with van der Waals surface area (Å²) in [7, 11) is 0. The van der Waals surface area contributed by atoms with Gasteiger partial charge >= 0.3 is 0 Å². The second kappa shape index (κ2) is 5.24. The van der Waals surface area contributed by atoms with Crippen molar-refractivity contribution in [2.75, 3.05) is 0 Å². The summed E-state index contributed by atoms with van der Waals surface area (Å²) in [4.78, 5) is 0. The minimum absolute atomic E-state index is 0.338. The topological polar surface area (TPSA) is 20.2 Å². The lowest BCUT2D eigenvalue weighted by atomic mass is 10.1. The van der Waals surface area contributed by atoms with Crippen LogP contribution in [0.15, 0.2) is 24.3 Å². The third-order valence-corrected chi connectivity index (χ3v) is 1.60. The van der Waals surface area contributed by atoms with Gasteiger partial charge in [0.15, 0.2) is 0 Å². The van der Waals surface area contributed by atoms with Crippen LogP contribution in [0.5, 0.6) is 0 Å². The number of hydrogen-bond donors (Lipinski definition) is 1. The van der Waals surface area contributed by atoms with E-state index in [2.05, 4.69) is 19.6 Å². The highest BCUT2D eigenvalue weighted by Gasteiger charge is 1.96. The minimum Gasteiger partial charge on any atom is -0.389 e. The zero-order valence-electron chi connectivity index (χ0n) is 6.80. The molecule has 0 rings (SSSR count). The SMILES string of the molecule is C=CC(O)CCC(C)=CC. The molecule has 0 aromatic carbocycles. The van der Waals surface area contributed by atoms with E-state index in [9.17, 15) is 0 Å². The van der Waals surface area contributed by atoms with E-state index in [4.69, 9.17) is 5.11 Å². The van der Waals surface area contributed by atoms with Crippen molar-refractivity contribution < 1.29 is 5.11 Å². The summed E-state index contributed by atoms with van der Waals surface area (Å²) in [5.74, 6) is 0. The molecule has 0 aliphatic carbocycles. The lowest BCUT2D eigenvalue weighted by Gasteiger charge is -2.03. The minimum atomic E-state index is -0.338. The monoisotopic (exact) mass is 140 g/mol. The molecule has 0 aliphatic heterocycles. The number of hydrogen-bond acceptors (Lipinski definition) is 1. The summed E-state index contributed by atoms with van der Waals surface area (Å²) in [6.45, 7) is 7.57. The van der Waals surface area contributed by atoms with Gasteiger partial charge in [-0.1, -0.05) is 17.7 Å². The van der Waals surface area contributed by atoms with E-state index in [0.717, 1.165) is 12.8 Å². The Morgan fingerprint density at radius 1 is 1.70 bits per heavy atom. The zero-order valence-corrected chi connectivity index (χ0v) is 6.80. The maximum atomic E-state index is 9.06. The molecule has 0 fully saturated rings. The fourth-order valence-corrected chi connectivity index (χ4v) is 0.638. The van der Waals surface area contributed by atoms with E-state index in [1.54, 1.807) is 6.08 Å². The maximum absolute atomic E-state index is 9.06. The maximum Gasteiger partial charge on any atom is 0.0721 e. The van der Waals surface area contributed by atoms with Crippen molar-refractivity contribution in [3.8, 4) is 0 Å². The van der Waals surface area contributed by atoms with E-state index in [1.165, 1.54) is 5.57 Å². The van der Waals surface area contributed by atoms with Crippen LogP contribution in [-0.4, -0.2) is 11.2 Å². The van der Waals surface area contributed by atoms with Crippen LogP contribution >= 0.6 is 0 Å². The van der Waals surface area contributed by atoms with E-state index in [0.29, 0.717) is 0 Å². The van der Waals surface area contributed by atoms with Gasteiger partial charge in [-0.2, -0.15) is 0 Å². The van der Waals surface area contributed by atoms with Crippen LogP contribution in [-0.2, 0) is 0 Å². The van der Waals surface area contributed by atoms with Gasteiger partial charge in [-0.3, -0.25) is 0 Å². The molecule has 0 amide bonds. The number of allylic oxidation sites excluding steroid dienone is 2. The fraction of sp³-hybridized carbons (Fsp3) is 0.556. The average Bonchev–Trinajstić information content (AvgIpc) is 1.99. The first-order valence-electron chi connectivity index (χ1n) is 3.63. The molecule has 1 nitrogen and oxygen atoms in total. The van der Waals surface area contributed by atoms with Gasteiger partial charge in [-0.25, -0.2) is 0 Å². The standard InChI is InChI=1S/C9H16O/c1-4-8(3)6-7-9(10)5-2/h4-5,9-10H,2,6-7H2,1,3H3. The van der Waals surface area contributed by atoms with Crippen LogP contribution in [0.25, 0.3) is 0 Å². The molecule has 0 saturated carbocycles. The van der Waals surface area contributed by atoms with E-state index in [-0.39, 0.29) is 6.10 Å². The predicted octanol–water partition coefficient (Wildman–Crippen LogP) is 2.28. The Bertz CT molecular complexity index is 125. The average molecular weight is 140 g/mol. The van der Waals surface area contributed by atoms with Crippen molar-refractivity contribution >= 4 is 0 Å².